The van der Waals surface area contributed by atoms with Crippen LogP contribution in [0.4, 0.5) is 0 Å². The van der Waals surface area contributed by atoms with Crippen LogP contribution in [0.15, 0.2) is 18.2 Å². The zero-order valence-corrected chi connectivity index (χ0v) is 10.4. The van der Waals surface area contributed by atoms with Gasteiger partial charge in [0.25, 0.3) is 0 Å². The van der Waals surface area contributed by atoms with Crippen molar-refractivity contribution in [2.45, 2.75) is 13.5 Å². The fourth-order valence-corrected chi connectivity index (χ4v) is 1.65. The SMILES string of the molecule is CCOc1ccc(CNCCS)cc1Cl. The third kappa shape index (κ3) is 4.33. The summed E-state index contributed by atoms with van der Waals surface area (Å²) in [7, 11) is 0. The largest absolute Gasteiger partial charge is 0.492 e. The van der Waals surface area contributed by atoms with Crippen LogP contribution in [0.2, 0.25) is 5.02 Å². The number of thiol groups is 1. The molecule has 1 aromatic rings. The number of hydrogen-bond donors (Lipinski definition) is 2. The molecule has 0 saturated heterocycles. The van der Waals surface area contributed by atoms with Gasteiger partial charge in [-0.2, -0.15) is 12.6 Å². The van der Waals surface area contributed by atoms with Crippen LogP contribution in [-0.4, -0.2) is 18.9 Å². The lowest BCUT2D eigenvalue weighted by atomic mass is 10.2. The van der Waals surface area contributed by atoms with Gasteiger partial charge in [-0.3, -0.25) is 0 Å². The molecule has 0 amide bonds. The molecule has 1 rings (SSSR count). The molecule has 15 heavy (non-hydrogen) atoms. The van der Waals surface area contributed by atoms with Crippen LogP contribution in [0.25, 0.3) is 0 Å². The molecular weight excluding hydrogens is 230 g/mol. The first-order valence-electron chi connectivity index (χ1n) is 5.00. The number of ether oxygens (including phenoxy) is 1. The van der Waals surface area contributed by atoms with E-state index in [0.29, 0.717) is 11.6 Å². The van der Waals surface area contributed by atoms with Crippen molar-refractivity contribution in [3.63, 3.8) is 0 Å². The number of hydrogen-bond acceptors (Lipinski definition) is 3. The summed E-state index contributed by atoms with van der Waals surface area (Å²) in [5, 5.41) is 3.92. The fraction of sp³-hybridized carbons (Fsp3) is 0.455. The van der Waals surface area contributed by atoms with Crippen molar-refractivity contribution < 1.29 is 4.74 Å². The molecule has 1 aromatic carbocycles. The second-order valence-electron chi connectivity index (χ2n) is 3.10. The highest BCUT2D eigenvalue weighted by Crippen LogP contribution is 2.25. The summed E-state index contributed by atoms with van der Waals surface area (Å²) in [4.78, 5) is 0. The monoisotopic (exact) mass is 245 g/mol. The molecule has 0 unspecified atom stereocenters. The van der Waals surface area contributed by atoms with Gasteiger partial charge in [0.2, 0.25) is 0 Å². The summed E-state index contributed by atoms with van der Waals surface area (Å²) >= 11 is 10.2. The Bertz CT molecular complexity index is 307. The summed E-state index contributed by atoms with van der Waals surface area (Å²) in [5.74, 6) is 1.59. The van der Waals surface area contributed by atoms with Crippen molar-refractivity contribution in [1.29, 1.82) is 0 Å². The minimum atomic E-state index is 0.636. The van der Waals surface area contributed by atoms with Crippen molar-refractivity contribution in [2.24, 2.45) is 0 Å². The number of halogens is 1. The minimum Gasteiger partial charge on any atom is -0.492 e. The summed E-state index contributed by atoms with van der Waals surface area (Å²) < 4.78 is 5.35. The molecule has 0 radical (unpaired) electrons. The Morgan fingerprint density at radius 2 is 2.27 bits per heavy atom. The summed E-state index contributed by atoms with van der Waals surface area (Å²) in [6, 6.07) is 5.85. The molecule has 0 aromatic heterocycles. The minimum absolute atomic E-state index is 0.636. The van der Waals surface area contributed by atoms with Gasteiger partial charge in [-0.15, -0.1) is 0 Å². The maximum absolute atomic E-state index is 6.05. The number of nitrogens with one attached hydrogen (secondary N) is 1. The average molecular weight is 246 g/mol. The van der Waals surface area contributed by atoms with Crippen molar-refractivity contribution in [1.82, 2.24) is 5.32 Å². The third-order valence-electron chi connectivity index (χ3n) is 1.91. The van der Waals surface area contributed by atoms with Gasteiger partial charge in [0.1, 0.15) is 5.75 Å². The Morgan fingerprint density at radius 3 is 2.87 bits per heavy atom. The van der Waals surface area contributed by atoms with Crippen LogP contribution in [0, 0.1) is 0 Å². The molecule has 0 aliphatic carbocycles. The Morgan fingerprint density at radius 1 is 1.47 bits per heavy atom. The van der Waals surface area contributed by atoms with E-state index in [1.54, 1.807) is 0 Å². The Balaban J connectivity index is 2.56. The van der Waals surface area contributed by atoms with Crippen LogP contribution in [-0.2, 0) is 6.54 Å². The maximum Gasteiger partial charge on any atom is 0.137 e. The van der Waals surface area contributed by atoms with Crippen LogP contribution in [0.1, 0.15) is 12.5 Å². The van der Waals surface area contributed by atoms with Crippen molar-refractivity contribution in [3.05, 3.63) is 28.8 Å². The van der Waals surface area contributed by atoms with Gasteiger partial charge in [-0.1, -0.05) is 17.7 Å². The molecular formula is C11H16ClNOS. The summed E-state index contributed by atoms with van der Waals surface area (Å²) in [6.07, 6.45) is 0. The molecule has 0 atom stereocenters. The van der Waals surface area contributed by atoms with Crippen molar-refractivity contribution >= 4 is 24.2 Å². The molecule has 0 aliphatic rings. The highest BCUT2D eigenvalue weighted by Gasteiger charge is 2.01. The summed E-state index contributed by atoms with van der Waals surface area (Å²) in [6.45, 7) is 4.29. The van der Waals surface area contributed by atoms with Crippen LogP contribution < -0.4 is 10.1 Å². The topological polar surface area (TPSA) is 21.3 Å². The van der Waals surface area contributed by atoms with E-state index in [0.717, 1.165) is 30.2 Å². The van der Waals surface area contributed by atoms with Crippen LogP contribution in [0.5, 0.6) is 5.75 Å². The first-order valence-corrected chi connectivity index (χ1v) is 6.01. The highest BCUT2D eigenvalue weighted by atomic mass is 35.5. The van der Waals surface area contributed by atoms with Gasteiger partial charge in [0.15, 0.2) is 0 Å². The predicted octanol–water partition coefficient (Wildman–Crippen LogP) is 2.76. The smallest absolute Gasteiger partial charge is 0.137 e. The first-order chi connectivity index (χ1) is 7.27. The van der Waals surface area contributed by atoms with Crippen LogP contribution in [0.3, 0.4) is 0 Å². The lowest BCUT2D eigenvalue weighted by Crippen LogP contribution is -2.15. The molecule has 0 saturated carbocycles. The molecule has 4 heteroatoms. The average Bonchev–Trinajstić information content (AvgIpc) is 2.23. The van der Waals surface area contributed by atoms with Crippen molar-refractivity contribution in [3.8, 4) is 5.75 Å². The Kier molecular flexibility index (Phi) is 5.91. The van der Waals surface area contributed by atoms with Gasteiger partial charge < -0.3 is 10.1 Å². The Hall–Kier alpha value is -0.380. The van der Waals surface area contributed by atoms with Crippen molar-refractivity contribution in [2.75, 3.05) is 18.9 Å². The van der Waals surface area contributed by atoms with E-state index >= 15 is 0 Å². The van der Waals surface area contributed by atoms with Gasteiger partial charge in [0, 0.05) is 18.8 Å². The summed E-state index contributed by atoms with van der Waals surface area (Å²) in [5.41, 5.74) is 1.16. The van der Waals surface area contributed by atoms with Gasteiger partial charge in [-0.25, -0.2) is 0 Å². The second-order valence-corrected chi connectivity index (χ2v) is 3.95. The van der Waals surface area contributed by atoms with E-state index in [9.17, 15) is 0 Å². The zero-order valence-electron chi connectivity index (χ0n) is 8.79. The molecule has 0 heterocycles. The molecule has 1 N–H and O–H groups in total. The van der Waals surface area contributed by atoms with E-state index in [4.69, 9.17) is 16.3 Å². The van der Waals surface area contributed by atoms with Gasteiger partial charge in [0.05, 0.1) is 11.6 Å². The number of rotatable bonds is 6. The quantitative estimate of drug-likeness (QED) is 0.594. The first kappa shape index (κ1) is 12.7. The lowest BCUT2D eigenvalue weighted by Gasteiger charge is -2.08. The lowest BCUT2D eigenvalue weighted by molar-refractivity contribution is 0.340. The third-order valence-corrected chi connectivity index (χ3v) is 2.43. The fourth-order valence-electron chi connectivity index (χ4n) is 1.24. The second kappa shape index (κ2) is 6.99. The zero-order chi connectivity index (χ0) is 11.1. The van der Waals surface area contributed by atoms with E-state index in [1.165, 1.54) is 0 Å². The predicted molar refractivity (Wildman–Crippen MR) is 68.2 cm³/mol. The van der Waals surface area contributed by atoms with E-state index in [-0.39, 0.29) is 0 Å². The molecule has 0 aliphatic heterocycles. The van der Waals surface area contributed by atoms with Gasteiger partial charge >= 0.3 is 0 Å². The normalized spacial score (nSPS) is 10.3. The highest BCUT2D eigenvalue weighted by molar-refractivity contribution is 7.80. The molecule has 84 valence electrons. The molecule has 2 nitrogen and oxygen atoms in total. The van der Waals surface area contributed by atoms with Crippen LogP contribution >= 0.6 is 24.2 Å². The van der Waals surface area contributed by atoms with E-state index in [1.807, 2.05) is 25.1 Å². The Labute approximate surface area is 101 Å². The maximum atomic E-state index is 6.05. The standard InChI is InChI=1S/C11H16ClNOS/c1-2-14-11-4-3-9(7-10(11)12)8-13-5-6-15/h3-4,7,13,15H,2,5-6,8H2,1H3. The molecule has 0 fully saturated rings. The molecule has 0 spiro atoms. The van der Waals surface area contributed by atoms with E-state index < -0.39 is 0 Å². The van der Waals surface area contributed by atoms with Gasteiger partial charge in [-0.05, 0) is 24.6 Å². The van der Waals surface area contributed by atoms with E-state index in [2.05, 4.69) is 17.9 Å². The number of benzene rings is 1. The molecule has 0 bridgehead atoms.